The van der Waals surface area contributed by atoms with Gasteiger partial charge in [0.05, 0.1) is 20.3 Å². The minimum absolute atomic E-state index is 0.0988. The maximum absolute atomic E-state index is 12.9. The van der Waals surface area contributed by atoms with Crippen LogP contribution in [0, 0.1) is 0 Å². The van der Waals surface area contributed by atoms with Crippen LogP contribution in [0.15, 0.2) is 48.0 Å². The first kappa shape index (κ1) is 22.3. The number of carbonyl (C=O) groups excluding carboxylic acids is 2. The lowest BCUT2D eigenvalue weighted by Gasteiger charge is -2.27. The molecule has 31 heavy (non-hydrogen) atoms. The molecule has 1 aliphatic rings. The number of aryl methyl sites for hydroxylation is 1. The molecular formula is C22H28N3O6+. The maximum atomic E-state index is 12.9. The smallest absolute Gasteiger partial charge is 0.350 e. The van der Waals surface area contributed by atoms with Gasteiger partial charge >= 0.3 is 11.9 Å². The molecule has 166 valence electrons. The molecule has 9 heteroatoms. The number of aromatic nitrogens is 2. The molecule has 1 unspecified atom stereocenters. The van der Waals surface area contributed by atoms with Gasteiger partial charge in [-0.3, -0.25) is 0 Å². The van der Waals surface area contributed by atoms with E-state index in [2.05, 4.69) is 4.99 Å². The number of esters is 2. The van der Waals surface area contributed by atoms with Gasteiger partial charge in [0.15, 0.2) is 12.0 Å². The Kier molecular flexibility index (Phi) is 6.94. The molecule has 1 aromatic carbocycles. The molecule has 0 radical (unpaired) electrons. The zero-order chi connectivity index (χ0) is 22.4. The van der Waals surface area contributed by atoms with Crippen LogP contribution >= 0.6 is 0 Å². The highest BCUT2D eigenvalue weighted by Crippen LogP contribution is 2.41. The minimum Gasteiger partial charge on any atom is -0.489 e. The molecule has 2 heterocycles. The van der Waals surface area contributed by atoms with Crippen LogP contribution in [0.25, 0.3) is 0 Å². The Bertz CT molecular complexity index is 950. The van der Waals surface area contributed by atoms with E-state index in [1.807, 2.05) is 34.9 Å². The third kappa shape index (κ3) is 4.70. The lowest BCUT2D eigenvalue weighted by molar-refractivity contribution is -0.671. The molecule has 1 atom stereocenters. The fraction of sp³-hybridized carbons (Fsp3) is 0.455. The molecule has 3 rings (SSSR count). The van der Waals surface area contributed by atoms with E-state index in [-0.39, 0.29) is 19.1 Å². The zero-order valence-electron chi connectivity index (χ0n) is 18.2. The molecule has 0 spiro atoms. The third-order valence-electron chi connectivity index (χ3n) is 4.78. The van der Waals surface area contributed by atoms with Crippen LogP contribution < -0.4 is 9.30 Å². The normalized spacial score (nSPS) is 16.9. The first-order valence-electron chi connectivity index (χ1n) is 10.2. The van der Waals surface area contributed by atoms with Crippen molar-refractivity contribution in [2.45, 2.75) is 39.0 Å². The summed E-state index contributed by atoms with van der Waals surface area (Å²) >= 11 is 0. The van der Waals surface area contributed by atoms with Crippen LogP contribution in [0.5, 0.6) is 5.75 Å². The lowest BCUT2D eigenvalue weighted by Crippen LogP contribution is -2.50. The summed E-state index contributed by atoms with van der Waals surface area (Å²) in [4.78, 5) is 30.0. The molecule has 0 saturated carbocycles. The van der Waals surface area contributed by atoms with E-state index in [4.69, 9.17) is 18.9 Å². The molecule has 0 fully saturated rings. The van der Waals surface area contributed by atoms with Gasteiger partial charge in [-0.25, -0.2) is 23.7 Å². The fourth-order valence-corrected chi connectivity index (χ4v) is 3.44. The standard InChI is InChI=1S/C22H28N3O6/c1-5-28-20(26)22(21(27)29-6-2)19(31-16(3)23-22)17-8-7-9-18(14-17)30-13-12-25-11-10-24(4)15-25/h7-11,14-15,19H,5-6,12-13H2,1-4H3/q+1. The molecule has 1 aromatic heterocycles. The summed E-state index contributed by atoms with van der Waals surface area (Å²) in [5, 5.41) is 0. The highest BCUT2D eigenvalue weighted by Gasteiger charge is 2.61. The lowest BCUT2D eigenvalue weighted by atomic mass is 9.88. The van der Waals surface area contributed by atoms with E-state index in [0.717, 1.165) is 0 Å². The van der Waals surface area contributed by atoms with Gasteiger partial charge in [0.2, 0.25) is 6.33 Å². The van der Waals surface area contributed by atoms with Gasteiger partial charge < -0.3 is 18.9 Å². The third-order valence-corrected chi connectivity index (χ3v) is 4.78. The Morgan fingerprint density at radius 1 is 1.23 bits per heavy atom. The largest absolute Gasteiger partial charge is 0.489 e. The van der Waals surface area contributed by atoms with Crippen molar-refractivity contribution in [1.29, 1.82) is 0 Å². The second-order valence-corrected chi connectivity index (χ2v) is 7.07. The van der Waals surface area contributed by atoms with Crippen LogP contribution in [0.1, 0.15) is 32.4 Å². The predicted molar refractivity (Wildman–Crippen MR) is 110 cm³/mol. The van der Waals surface area contributed by atoms with E-state index >= 15 is 0 Å². The Hall–Kier alpha value is -3.36. The number of hydrogen-bond acceptors (Lipinski definition) is 7. The quantitative estimate of drug-likeness (QED) is 0.342. The summed E-state index contributed by atoms with van der Waals surface area (Å²) < 4.78 is 26.0. The first-order chi connectivity index (χ1) is 14.9. The van der Waals surface area contributed by atoms with Gasteiger partial charge in [-0.15, -0.1) is 0 Å². The van der Waals surface area contributed by atoms with Crippen molar-refractivity contribution in [2.75, 3.05) is 19.8 Å². The maximum Gasteiger partial charge on any atom is 0.350 e. The van der Waals surface area contributed by atoms with E-state index in [0.29, 0.717) is 24.5 Å². The van der Waals surface area contributed by atoms with E-state index in [1.165, 1.54) is 0 Å². The zero-order valence-corrected chi connectivity index (χ0v) is 18.2. The molecule has 1 aliphatic heterocycles. The Morgan fingerprint density at radius 3 is 2.55 bits per heavy atom. The molecule has 9 nitrogen and oxygen atoms in total. The van der Waals surface area contributed by atoms with Crippen LogP contribution in [-0.2, 0) is 37.4 Å². The number of carbonyl (C=O) groups is 2. The van der Waals surface area contributed by atoms with Crippen molar-refractivity contribution in [3.05, 3.63) is 48.5 Å². The van der Waals surface area contributed by atoms with Crippen molar-refractivity contribution in [1.82, 2.24) is 4.57 Å². The molecular weight excluding hydrogens is 402 g/mol. The second kappa shape index (κ2) is 9.63. The number of ether oxygens (including phenoxy) is 4. The number of benzene rings is 1. The van der Waals surface area contributed by atoms with Gasteiger partial charge in [-0.2, -0.15) is 0 Å². The van der Waals surface area contributed by atoms with E-state index in [1.54, 1.807) is 45.0 Å². The molecule has 0 N–H and O–H groups in total. The van der Waals surface area contributed by atoms with Crippen LogP contribution in [0.2, 0.25) is 0 Å². The Labute approximate surface area is 181 Å². The van der Waals surface area contributed by atoms with Crippen LogP contribution in [0.4, 0.5) is 0 Å². The molecule has 0 bridgehead atoms. The number of aliphatic imine (C=N–C) groups is 1. The summed E-state index contributed by atoms with van der Waals surface area (Å²) in [6, 6.07) is 7.07. The second-order valence-electron chi connectivity index (χ2n) is 7.07. The number of imidazole rings is 1. The van der Waals surface area contributed by atoms with Crippen LogP contribution in [0.3, 0.4) is 0 Å². The van der Waals surface area contributed by atoms with Gasteiger partial charge in [0.25, 0.3) is 5.54 Å². The number of nitrogens with zero attached hydrogens (tertiary/aromatic N) is 3. The summed E-state index contributed by atoms with van der Waals surface area (Å²) in [5.41, 5.74) is -1.39. The van der Waals surface area contributed by atoms with Crippen molar-refractivity contribution in [2.24, 2.45) is 12.0 Å². The van der Waals surface area contributed by atoms with E-state index in [9.17, 15) is 9.59 Å². The summed E-state index contributed by atoms with van der Waals surface area (Å²) in [6.45, 7) is 6.23. The highest BCUT2D eigenvalue weighted by atomic mass is 16.6. The van der Waals surface area contributed by atoms with Gasteiger partial charge in [-0.1, -0.05) is 12.1 Å². The van der Waals surface area contributed by atoms with Gasteiger partial charge in [0, 0.05) is 6.92 Å². The molecule has 0 saturated heterocycles. The van der Waals surface area contributed by atoms with Crippen molar-refractivity contribution in [3.63, 3.8) is 0 Å². The Balaban J connectivity index is 1.84. The summed E-state index contributed by atoms with van der Waals surface area (Å²) in [6.07, 6.45) is 4.85. The summed E-state index contributed by atoms with van der Waals surface area (Å²) in [7, 11) is 1.95. The van der Waals surface area contributed by atoms with Gasteiger partial charge in [-0.05, 0) is 31.5 Å². The van der Waals surface area contributed by atoms with Gasteiger partial charge in [0.1, 0.15) is 31.3 Å². The van der Waals surface area contributed by atoms with Crippen molar-refractivity contribution in [3.8, 4) is 5.75 Å². The van der Waals surface area contributed by atoms with E-state index < -0.39 is 23.6 Å². The molecule has 2 aromatic rings. The topological polar surface area (TPSA) is 92.2 Å². The predicted octanol–water partition coefficient (Wildman–Crippen LogP) is 1.75. The molecule has 0 aliphatic carbocycles. The first-order valence-corrected chi connectivity index (χ1v) is 10.2. The monoisotopic (exact) mass is 430 g/mol. The molecule has 0 amide bonds. The SMILES string of the molecule is CCOC(=O)C1(C(=O)OCC)N=C(C)OC1c1cccc(OCCn2cc[n+](C)c2)c1. The van der Waals surface area contributed by atoms with Crippen LogP contribution in [-0.4, -0.2) is 47.8 Å². The number of rotatable bonds is 9. The number of hydrogen-bond donors (Lipinski definition) is 0. The highest BCUT2D eigenvalue weighted by molar-refractivity contribution is 6.09. The Morgan fingerprint density at radius 2 is 1.94 bits per heavy atom. The fourth-order valence-electron chi connectivity index (χ4n) is 3.44. The average Bonchev–Trinajstić information content (AvgIpc) is 3.32. The average molecular weight is 430 g/mol. The van der Waals surface area contributed by atoms with Crippen molar-refractivity contribution >= 4 is 17.8 Å². The minimum atomic E-state index is -1.95. The summed E-state index contributed by atoms with van der Waals surface area (Å²) in [5.74, 6) is -0.814. The van der Waals surface area contributed by atoms with Crippen molar-refractivity contribution < 1.29 is 33.1 Å².